The van der Waals surface area contributed by atoms with Crippen molar-refractivity contribution >= 4 is 11.6 Å². The molecule has 25 heavy (non-hydrogen) atoms. The van der Waals surface area contributed by atoms with Gasteiger partial charge in [0.05, 0.1) is 12.1 Å². The molecule has 3 aromatic rings. The molecule has 1 N–H and O–H groups in total. The van der Waals surface area contributed by atoms with Gasteiger partial charge in [0.1, 0.15) is 0 Å². The van der Waals surface area contributed by atoms with Crippen LogP contribution in [-0.2, 0) is 6.54 Å². The van der Waals surface area contributed by atoms with E-state index < -0.39 is 0 Å². The van der Waals surface area contributed by atoms with Crippen LogP contribution < -0.4 is 10.9 Å². The zero-order chi connectivity index (χ0) is 17.8. The molecule has 126 valence electrons. The van der Waals surface area contributed by atoms with E-state index >= 15 is 0 Å². The van der Waals surface area contributed by atoms with E-state index in [4.69, 9.17) is 0 Å². The molecule has 4 nitrogen and oxygen atoms in total. The van der Waals surface area contributed by atoms with Crippen LogP contribution >= 0.6 is 0 Å². The normalized spacial score (nSPS) is 10.5. The number of amides is 1. The van der Waals surface area contributed by atoms with Crippen LogP contribution in [0.2, 0.25) is 0 Å². The second-order valence-corrected chi connectivity index (χ2v) is 6.09. The van der Waals surface area contributed by atoms with Crippen molar-refractivity contribution < 1.29 is 4.79 Å². The quantitative estimate of drug-likeness (QED) is 0.791. The molecule has 0 radical (unpaired) electrons. The third-order valence-corrected chi connectivity index (χ3v) is 4.16. The van der Waals surface area contributed by atoms with E-state index in [2.05, 4.69) is 5.32 Å². The zero-order valence-electron chi connectivity index (χ0n) is 14.3. The van der Waals surface area contributed by atoms with Crippen LogP contribution in [0, 0.1) is 13.8 Å². The van der Waals surface area contributed by atoms with Crippen molar-refractivity contribution in [1.82, 2.24) is 4.57 Å². The molecule has 0 aliphatic heterocycles. The van der Waals surface area contributed by atoms with E-state index in [0.717, 1.165) is 22.4 Å². The molecule has 0 unspecified atom stereocenters. The Bertz CT molecular complexity index is 939. The molecular formula is C21H20N2O2. The third-order valence-electron chi connectivity index (χ3n) is 4.16. The smallest absolute Gasteiger partial charge is 0.257 e. The van der Waals surface area contributed by atoms with Gasteiger partial charge in [-0.15, -0.1) is 0 Å². The molecule has 3 rings (SSSR count). The summed E-state index contributed by atoms with van der Waals surface area (Å²) in [6, 6.07) is 18.6. The molecule has 1 aromatic heterocycles. The van der Waals surface area contributed by atoms with Crippen molar-refractivity contribution in [3.63, 3.8) is 0 Å². The first-order valence-corrected chi connectivity index (χ1v) is 8.16. The highest BCUT2D eigenvalue weighted by Gasteiger charge is 2.11. The summed E-state index contributed by atoms with van der Waals surface area (Å²) in [6.07, 6.45) is 1.61. The van der Waals surface area contributed by atoms with Crippen molar-refractivity contribution in [2.75, 3.05) is 5.32 Å². The minimum Gasteiger partial charge on any atom is -0.321 e. The number of nitrogens with one attached hydrogen (secondary N) is 1. The standard InChI is InChI=1S/C21H20N2O2/c1-15-7-6-8-16(2)20(15)22-21(25)18-11-12-19(24)23(14-18)13-17-9-4-3-5-10-17/h3-12,14H,13H2,1-2H3,(H,22,25). The van der Waals surface area contributed by atoms with Crippen LogP contribution in [0.5, 0.6) is 0 Å². The lowest BCUT2D eigenvalue weighted by atomic mass is 10.1. The molecule has 1 amide bonds. The summed E-state index contributed by atoms with van der Waals surface area (Å²) < 4.78 is 1.55. The first-order valence-electron chi connectivity index (χ1n) is 8.16. The monoisotopic (exact) mass is 332 g/mol. The first-order chi connectivity index (χ1) is 12.0. The number of aryl methyl sites for hydroxylation is 2. The molecule has 0 atom stereocenters. The number of carbonyl (C=O) groups is 1. The van der Waals surface area contributed by atoms with Gasteiger partial charge in [0.15, 0.2) is 0 Å². The van der Waals surface area contributed by atoms with Crippen LogP contribution in [0.3, 0.4) is 0 Å². The predicted molar refractivity (Wildman–Crippen MR) is 100 cm³/mol. The number of nitrogens with zero attached hydrogens (tertiary/aromatic N) is 1. The number of para-hydroxylation sites is 1. The topological polar surface area (TPSA) is 51.1 Å². The first kappa shape index (κ1) is 16.7. The van der Waals surface area contributed by atoms with Crippen molar-refractivity contribution in [2.24, 2.45) is 0 Å². The van der Waals surface area contributed by atoms with Crippen molar-refractivity contribution in [2.45, 2.75) is 20.4 Å². The highest BCUT2D eigenvalue weighted by atomic mass is 16.2. The Hall–Kier alpha value is -3.14. The minimum atomic E-state index is -0.223. The maximum Gasteiger partial charge on any atom is 0.257 e. The van der Waals surface area contributed by atoms with Gasteiger partial charge in [-0.05, 0) is 36.6 Å². The van der Waals surface area contributed by atoms with E-state index in [-0.39, 0.29) is 11.5 Å². The molecule has 4 heteroatoms. The van der Waals surface area contributed by atoms with Gasteiger partial charge in [0, 0.05) is 18.0 Å². The lowest BCUT2D eigenvalue weighted by Gasteiger charge is -2.12. The summed E-state index contributed by atoms with van der Waals surface area (Å²) in [5, 5.41) is 2.95. The van der Waals surface area contributed by atoms with Gasteiger partial charge in [0.2, 0.25) is 0 Å². The summed E-state index contributed by atoms with van der Waals surface area (Å²) in [6.45, 7) is 4.35. The average molecular weight is 332 g/mol. The summed E-state index contributed by atoms with van der Waals surface area (Å²) in [7, 11) is 0. The van der Waals surface area contributed by atoms with Crippen LogP contribution in [0.1, 0.15) is 27.0 Å². The second-order valence-electron chi connectivity index (χ2n) is 6.09. The lowest BCUT2D eigenvalue weighted by molar-refractivity contribution is 0.102. The molecule has 0 aliphatic carbocycles. The Labute approximate surface area is 146 Å². The van der Waals surface area contributed by atoms with Gasteiger partial charge in [-0.2, -0.15) is 0 Å². The van der Waals surface area contributed by atoms with Crippen LogP contribution in [0.15, 0.2) is 71.7 Å². The Kier molecular flexibility index (Phi) is 4.80. The number of rotatable bonds is 4. The van der Waals surface area contributed by atoms with E-state index in [1.807, 2.05) is 62.4 Å². The molecular weight excluding hydrogens is 312 g/mol. The summed E-state index contributed by atoms with van der Waals surface area (Å²) >= 11 is 0. The largest absolute Gasteiger partial charge is 0.321 e. The molecule has 0 saturated carbocycles. The number of hydrogen-bond acceptors (Lipinski definition) is 2. The van der Waals surface area contributed by atoms with Gasteiger partial charge in [-0.3, -0.25) is 9.59 Å². The minimum absolute atomic E-state index is 0.132. The van der Waals surface area contributed by atoms with E-state index in [1.54, 1.807) is 16.8 Å². The molecule has 2 aromatic carbocycles. The number of aromatic nitrogens is 1. The van der Waals surface area contributed by atoms with Gasteiger partial charge in [-0.25, -0.2) is 0 Å². The van der Waals surface area contributed by atoms with E-state index in [1.165, 1.54) is 6.07 Å². The summed E-state index contributed by atoms with van der Waals surface area (Å²) in [4.78, 5) is 24.7. The maximum atomic E-state index is 12.6. The van der Waals surface area contributed by atoms with Crippen LogP contribution in [0.4, 0.5) is 5.69 Å². The number of hydrogen-bond donors (Lipinski definition) is 1. The second kappa shape index (κ2) is 7.18. The summed E-state index contributed by atoms with van der Waals surface area (Å²) in [5.74, 6) is -0.223. The zero-order valence-corrected chi connectivity index (χ0v) is 14.3. The van der Waals surface area contributed by atoms with Crippen LogP contribution in [0.25, 0.3) is 0 Å². The van der Waals surface area contributed by atoms with E-state index in [9.17, 15) is 9.59 Å². The molecule has 0 bridgehead atoms. The summed E-state index contributed by atoms with van der Waals surface area (Å²) in [5.41, 5.74) is 4.16. The lowest BCUT2D eigenvalue weighted by Crippen LogP contribution is -2.22. The fourth-order valence-corrected chi connectivity index (χ4v) is 2.77. The van der Waals surface area contributed by atoms with Gasteiger partial charge < -0.3 is 9.88 Å². The average Bonchev–Trinajstić information content (AvgIpc) is 2.61. The number of pyridine rings is 1. The van der Waals surface area contributed by atoms with Crippen LogP contribution in [-0.4, -0.2) is 10.5 Å². The number of anilines is 1. The number of benzene rings is 2. The molecule has 1 heterocycles. The van der Waals surface area contributed by atoms with Gasteiger partial charge in [-0.1, -0.05) is 48.5 Å². The van der Waals surface area contributed by atoms with Gasteiger partial charge in [0.25, 0.3) is 11.5 Å². The Balaban J connectivity index is 1.86. The highest BCUT2D eigenvalue weighted by Crippen LogP contribution is 2.20. The predicted octanol–water partition coefficient (Wildman–Crippen LogP) is 3.77. The fraction of sp³-hybridized carbons (Fsp3) is 0.143. The SMILES string of the molecule is Cc1cccc(C)c1NC(=O)c1ccc(=O)n(Cc2ccccc2)c1. The van der Waals surface area contributed by atoms with E-state index in [0.29, 0.717) is 12.1 Å². The Morgan fingerprint density at radius 3 is 2.28 bits per heavy atom. The molecule has 0 aliphatic rings. The number of carbonyl (C=O) groups excluding carboxylic acids is 1. The Morgan fingerprint density at radius 2 is 1.60 bits per heavy atom. The maximum absolute atomic E-state index is 12.6. The third kappa shape index (κ3) is 3.86. The fourth-order valence-electron chi connectivity index (χ4n) is 2.77. The molecule has 0 spiro atoms. The highest BCUT2D eigenvalue weighted by molar-refractivity contribution is 6.04. The Morgan fingerprint density at radius 1 is 0.920 bits per heavy atom. The molecule has 0 fully saturated rings. The van der Waals surface area contributed by atoms with Crippen molar-refractivity contribution in [3.8, 4) is 0 Å². The van der Waals surface area contributed by atoms with Crippen molar-refractivity contribution in [1.29, 1.82) is 0 Å². The molecule has 0 saturated heterocycles. The van der Waals surface area contributed by atoms with Crippen molar-refractivity contribution in [3.05, 3.63) is 99.5 Å². The van der Waals surface area contributed by atoms with Gasteiger partial charge >= 0.3 is 0 Å².